The van der Waals surface area contributed by atoms with Crippen LogP contribution in [-0.4, -0.2) is 53.5 Å². The Labute approximate surface area is 160 Å². The first kappa shape index (κ1) is 21.0. The first-order valence-electron chi connectivity index (χ1n) is 9.04. The van der Waals surface area contributed by atoms with Gasteiger partial charge in [-0.05, 0) is 58.7 Å². The summed E-state index contributed by atoms with van der Waals surface area (Å²) in [6, 6.07) is 6.68. The van der Waals surface area contributed by atoms with Gasteiger partial charge in [-0.15, -0.1) is 0 Å². The Kier molecular flexibility index (Phi) is 5.75. The lowest BCUT2D eigenvalue weighted by Gasteiger charge is -2.43. The van der Waals surface area contributed by atoms with E-state index in [9.17, 15) is 14.7 Å². The average Bonchev–Trinajstić information content (AvgIpc) is 2.85. The number of nitrogens with zero attached hydrogens (tertiary/aromatic N) is 1. The number of amides is 1. The normalized spacial score (nSPS) is 25.2. The molecule has 0 bridgehead atoms. The topological polar surface area (TPSA) is 85.3 Å². The highest BCUT2D eigenvalue weighted by molar-refractivity contribution is 5.90. The number of hydrogen-bond donors (Lipinski definition) is 1. The van der Waals surface area contributed by atoms with E-state index in [4.69, 9.17) is 14.2 Å². The summed E-state index contributed by atoms with van der Waals surface area (Å²) in [7, 11) is 1.54. The molecule has 0 saturated carbocycles. The average molecular weight is 379 g/mol. The number of methoxy groups -OCH3 is 1. The molecule has 27 heavy (non-hydrogen) atoms. The highest BCUT2D eigenvalue weighted by Gasteiger charge is 2.65. The predicted molar refractivity (Wildman–Crippen MR) is 99.5 cm³/mol. The Hall–Kier alpha value is -2.28. The third-order valence-electron chi connectivity index (χ3n) is 4.70. The molecular formula is C20H29NO6. The van der Waals surface area contributed by atoms with Crippen molar-refractivity contribution in [2.45, 2.75) is 57.8 Å². The van der Waals surface area contributed by atoms with E-state index in [2.05, 4.69) is 0 Å². The highest BCUT2D eigenvalue weighted by atomic mass is 16.6. The lowest BCUT2D eigenvalue weighted by molar-refractivity contribution is -0.170. The van der Waals surface area contributed by atoms with Gasteiger partial charge in [-0.1, -0.05) is 12.1 Å². The second-order valence-electron chi connectivity index (χ2n) is 7.82. The Morgan fingerprint density at radius 1 is 1.22 bits per heavy atom. The van der Waals surface area contributed by atoms with Gasteiger partial charge < -0.3 is 19.3 Å². The van der Waals surface area contributed by atoms with Crippen LogP contribution >= 0.6 is 0 Å². The zero-order valence-electron chi connectivity index (χ0n) is 16.9. The molecule has 1 amide bonds. The number of rotatable bonds is 4. The maximum Gasteiger partial charge on any atom is 0.411 e. The summed E-state index contributed by atoms with van der Waals surface area (Å²) < 4.78 is 16.0. The molecule has 1 heterocycles. The molecule has 0 unspecified atom stereocenters. The molecule has 2 atom stereocenters. The number of esters is 1. The quantitative estimate of drug-likeness (QED) is 0.810. The summed E-state index contributed by atoms with van der Waals surface area (Å²) in [5, 5.41) is 11.2. The summed E-state index contributed by atoms with van der Waals surface area (Å²) in [5.74, 6) is -0.0947. The van der Waals surface area contributed by atoms with Crippen molar-refractivity contribution in [1.29, 1.82) is 0 Å². The summed E-state index contributed by atoms with van der Waals surface area (Å²) in [6.07, 6.45) is -0.471. The van der Waals surface area contributed by atoms with E-state index in [0.717, 1.165) is 0 Å². The van der Waals surface area contributed by atoms with Crippen LogP contribution in [0.1, 0.15) is 46.6 Å². The van der Waals surface area contributed by atoms with Crippen LogP contribution in [0.4, 0.5) is 4.79 Å². The molecule has 0 radical (unpaired) electrons. The zero-order chi connectivity index (χ0) is 20.5. The first-order valence-corrected chi connectivity index (χ1v) is 9.04. The van der Waals surface area contributed by atoms with Crippen LogP contribution in [0.5, 0.6) is 5.75 Å². The van der Waals surface area contributed by atoms with Gasteiger partial charge in [-0.3, -0.25) is 4.90 Å². The van der Waals surface area contributed by atoms with Gasteiger partial charge in [-0.2, -0.15) is 0 Å². The molecule has 0 aliphatic carbocycles. The van der Waals surface area contributed by atoms with Gasteiger partial charge in [0.2, 0.25) is 0 Å². The highest BCUT2D eigenvalue weighted by Crippen LogP contribution is 2.48. The SMILES string of the molecule is CCOC(=O)[C@@]1(c2ccc(OC)cc2)N(C(=O)OC(C)(C)C)CC[C@@]1(C)O. The van der Waals surface area contributed by atoms with Gasteiger partial charge in [0.15, 0.2) is 5.54 Å². The van der Waals surface area contributed by atoms with Gasteiger partial charge in [-0.25, -0.2) is 9.59 Å². The molecule has 2 rings (SSSR count). The van der Waals surface area contributed by atoms with Crippen LogP contribution in [0, 0.1) is 0 Å². The minimum Gasteiger partial charge on any atom is -0.497 e. The van der Waals surface area contributed by atoms with E-state index in [1.165, 1.54) is 12.0 Å². The lowest BCUT2D eigenvalue weighted by Crippen LogP contribution is -2.61. The summed E-state index contributed by atoms with van der Waals surface area (Å²) in [6.45, 7) is 8.75. The standard InChI is InChI=1S/C20H29NO6/c1-7-26-16(22)20(14-8-10-15(25-6)11-9-14)19(5,24)12-13-21(20)17(23)27-18(2,3)4/h8-11,24H,7,12-13H2,1-6H3/t19-,20-/m1/s1. The van der Waals surface area contributed by atoms with Crippen molar-refractivity contribution < 1.29 is 28.9 Å². The maximum atomic E-state index is 13.2. The molecule has 1 aliphatic rings. The predicted octanol–water partition coefficient (Wildman–Crippen LogP) is 2.85. The lowest BCUT2D eigenvalue weighted by atomic mass is 9.76. The molecule has 7 nitrogen and oxygen atoms in total. The molecule has 1 fully saturated rings. The fraction of sp³-hybridized carbons (Fsp3) is 0.600. The van der Waals surface area contributed by atoms with Gasteiger partial charge in [0.05, 0.1) is 13.7 Å². The number of hydrogen-bond acceptors (Lipinski definition) is 6. The van der Waals surface area contributed by atoms with Crippen molar-refractivity contribution in [2.75, 3.05) is 20.3 Å². The van der Waals surface area contributed by atoms with E-state index < -0.39 is 28.8 Å². The number of likely N-dealkylation sites (tertiary alicyclic amines) is 1. The molecule has 1 aliphatic heterocycles. The van der Waals surface area contributed by atoms with Crippen LogP contribution in [0.25, 0.3) is 0 Å². The Balaban J connectivity index is 2.64. The first-order chi connectivity index (χ1) is 12.5. The minimum absolute atomic E-state index is 0.120. The molecule has 1 aromatic carbocycles. The van der Waals surface area contributed by atoms with E-state index in [-0.39, 0.29) is 19.6 Å². The number of carbonyl (C=O) groups is 2. The molecule has 1 aromatic rings. The molecule has 1 N–H and O–H groups in total. The Morgan fingerprint density at radius 3 is 2.30 bits per heavy atom. The fourth-order valence-corrected chi connectivity index (χ4v) is 3.50. The molecule has 0 aromatic heterocycles. The second-order valence-corrected chi connectivity index (χ2v) is 7.82. The van der Waals surface area contributed by atoms with Crippen LogP contribution in [0.3, 0.4) is 0 Å². The number of aliphatic hydroxyl groups is 1. The van der Waals surface area contributed by atoms with Gasteiger partial charge in [0, 0.05) is 6.54 Å². The second kappa shape index (κ2) is 7.38. The van der Waals surface area contributed by atoms with Crippen molar-refractivity contribution in [3.05, 3.63) is 29.8 Å². The largest absolute Gasteiger partial charge is 0.497 e. The number of ether oxygens (including phenoxy) is 3. The third kappa shape index (κ3) is 3.74. The van der Waals surface area contributed by atoms with Gasteiger partial charge >= 0.3 is 12.1 Å². The van der Waals surface area contributed by atoms with Crippen LogP contribution in [0.2, 0.25) is 0 Å². The van der Waals surface area contributed by atoms with Crippen molar-refractivity contribution in [2.24, 2.45) is 0 Å². The van der Waals surface area contributed by atoms with E-state index in [1.54, 1.807) is 58.9 Å². The molecule has 0 spiro atoms. The van der Waals surface area contributed by atoms with Crippen molar-refractivity contribution >= 4 is 12.1 Å². The molecule has 7 heteroatoms. The molecule has 150 valence electrons. The molecular weight excluding hydrogens is 350 g/mol. The number of carbonyl (C=O) groups excluding carboxylic acids is 2. The summed E-state index contributed by atoms with van der Waals surface area (Å²) in [4.78, 5) is 27.4. The van der Waals surface area contributed by atoms with Crippen LogP contribution < -0.4 is 4.74 Å². The minimum atomic E-state index is -1.71. The summed E-state index contributed by atoms with van der Waals surface area (Å²) in [5.41, 5.74) is -3.55. The monoisotopic (exact) mass is 379 g/mol. The Bertz CT molecular complexity index is 691. The Morgan fingerprint density at radius 2 is 1.81 bits per heavy atom. The van der Waals surface area contributed by atoms with Crippen LogP contribution in [0.15, 0.2) is 24.3 Å². The van der Waals surface area contributed by atoms with Gasteiger partial charge in [0.25, 0.3) is 0 Å². The zero-order valence-corrected chi connectivity index (χ0v) is 16.9. The van der Waals surface area contributed by atoms with Crippen molar-refractivity contribution in [1.82, 2.24) is 4.90 Å². The number of benzene rings is 1. The van der Waals surface area contributed by atoms with E-state index in [1.807, 2.05) is 0 Å². The smallest absolute Gasteiger partial charge is 0.411 e. The van der Waals surface area contributed by atoms with Gasteiger partial charge in [0.1, 0.15) is 17.0 Å². The third-order valence-corrected chi connectivity index (χ3v) is 4.70. The summed E-state index contributed by atoms with van der Waals surface area (Å²) >= 11 is 0. The van der Waals surface area contributed by atoms with Crippen LogP contribution in [-0.2, 0) is 19.8 Å². The van der Waals surface area contributed by atoms with Crippen molar-refractivity contribution in [3.63, 3.8) is 0 Å². The fourth-order valence-electron chi connectivity index (χ4n) is 3.50. The van der Waals surface area contributed by atoms with E-state index in [0.29, 0.717) is 11.3 Å². The maximum absolute atomic E-state index is 13.2. The van der Waals surface area contributed by atoms with E-state index >= 15 is 0 Å². The van der Waals surface area contributed by atoms with Crippen molar-refractivity contribution in [3.8, 4) is 5.75 Å². The molecule has 1 saturated heterocycles.